The molecule has 1 aliphatic heterocycles. The fourth-order valence-corrected chi connectivity index (χ4v) is 3.18. The lowest BCUT2D eigenvalue weighted by molar-refractivity contribution is 0.244. The van der Waals surface area contributed by atoms with Crippen LogP contribution in [0.1, 0.15) is 30.3 Å². The van der Waals surface area contributed by atoms with Crippen molar-refractivity contribution in [3.8, 4) is 0 Å². The van der Waals surface area contributed by atoms with Gasteiger partial charge in [-0.1, -0.05) is 19.1 Å². The number of hydrogen-bond donors (Lipinski definition) is 2. The van der Waals surface area contributed by atoms with Gasteiger partial charge in [-0.05, 0) is 32.3 Å². The third-order valence-corrected chi connectivity index (χ3v) is 4.14. The molecule has 1 aliphatic rings. The molecular formula is C14H21N3OS. The van der Waals surface area contributed by atoms with Crippen LogP contribution in [0.2, 0.25) is 0 Å². The lowest BCUT2D eigenvalue weighted by Gasteiger charge is -2.30. The highest BCUT2D eigenvalue weighted by atomic mass is 32.1. The highest BCUT2D eigenvalue weighted by molar-refractivity contribution is 7.80. The maximum atomic E-state index is 9.61. The van der Waals surface area contributed by atoms with Gasteiger partial charge >= 0.3 is 0 Å². The van der Waals surface area contributed by atoms with Crippen molar-refractivity contribution >= 4 is 22.9 Å². The molecule has 4 nitrogen and oxygen atoms in total. The number of pyridine rings is 1. The number of thiocarbonyl (C=S) groups is 1. The molecule has 5 heteroatoms. The number of nitrogens with zero attached hydrogens (tertiary/aromatic N) is 2. The van der Waals surface area contributed by atoms with E-state index in [4.69, 9.17) is 18.0 Å². The molecule has 0 saturated carbocycles. The largest absolute Gasteiger partial charge is 0.394 e. The van der Waals surface area contributed by atoms with Gasteiger partial charge in [0.05, 0.1) is 23.9 Å². The smallest absolute Gasteiger partial charge is 0.107 e. The summed E-state index contributed by atoms with van der Waals surface area (Å²) in [6.07, 6.45) is 1.07. The van der Waals surface area contributed by atoms with E-state index in [-0.39, 0.29) is 12.6 Å². The molecule has 0 spiro atoms. The highest BCUT2D eigenvalue weighted by Crippen LogP contribution is 2.33. The second kappa shape index (κ2) is 5.43. The zero-order valence-corrected chi connectivity index (χ0v) is 12.5. The Morgan fingerprint density at radius 3 is 2.84 bits per heavy atom. The van der Waals surface area contributed by atoms with Gasteiger partial charge in [-0.3, -0.25) is 4.98 Å². The Bertz CT molecular complexity index is 504. The van der Waals surface area contributed by atoms with Crippen LogP contribution in [0, 0.1) is 19.8 Å². The minimum Gasteiger partial charge on any atom is -0.394 e. The Balaban J connectivity index is 2.52. The van der Waals surface area contributed by atoms with Crippen LogP contribution in [0.5, 0.6) is 0 Å². The molecule has 1 aromatic heterocycles. The zero-order valence-electron chi connectivity index (χ0n) is 11.7. The van der Waals surface area contributed by atoms with Crippen LogP contribution in [0.15, 0.2) is 6.07 Å². The summed E-state index contributed by atoms with van der Waals surface area (Å²) < 4.78 is 0. The minimum atomic E-state index is 0.134. The summed E-state index contributed by atoms with van der Waals surface area (Å²) in [5, 5.41) is 9.61. The molecule has 0 amide bonds. The standard InChI is InChI=1S/C14H21N3OS/c1-8-4-5-17(12(8)7-18)11-6-9(2)16-10(3)13(11)14(15)19/h6,8,12,18H,4-5,7H2,1-3H3,(H2,15,19). The van der Waals surface area contributed by atoms with Crippen LogP contribution < -0.4 is 10.6 Å². The number of aromatic nitrogens is 1. The van der Waals surface area contributed by atoms with Crippen molar-refractivity contribution < 1.29 is 5.11 Å². The van der Waals surface area contributed by atoms with Crippen molar-refractivity contribution in [3.63, 3.8) is 0 Å². The van der Waals surface area contributed by atoms with Crippen LogP contribution in [0.4, 0.5) is 5.69 Å². The van der Waals surface area contributed by atoms with Gasteiger partial charge < -0.3 is 15.7 Å². The molecule has 19 heavy (non-hydrogen) atoms. The summed E-state index contributed by atoms with van der Waals surface area (Å²) in [4.78, 5) is 7.03. The van der Waals surface area contributed by atoms with Crippen LogP contribution in [0.25, 0.3) is 0 Å². The van der Waals surface area contributed by atoms with Crippen molar-refractivity contribution in [1.82, 2.24) is 4.98 Å². The van der Waals surface area contributed by atoms with Crippen LogP contribution >= 0.6 is 12.2 Å². The van der Waals surface area contributed by atoms with Crippen LogP contribution in [-0.4, -0.2) is 34.3 Å². The number of anilines is 1. The Morgan fingerprint density at radius 1 is 1.58 bits per heavy atom. The average molecular weight is 279 g/mol. The van der Waals surface area contributed by atoms with Gasteiger partial charge in [0, 0.05) is 17.9 Å². The van der Waals surface area contributed by atoms with E-state index in [1.54, 1.807) is 0 Å². The fraction of sp³-hybridized carbons (Fsp3) is 0.571. The Labute approximate surface area is 119 Å². The Hall–Kier alpha value is -1.20. The maximum Gasteiger partial charge on any atom is 0.107 e. The third kappa shape index (κ3) is 2.58. The SMILES string of the molecule is Cc1cc(N2CCC(C)C2CO)c(C(N)=S)c(C)n1. The van der Waals surface area contributed by atoms with Gasteiger partial charge in [0.25, 0.3) is 0 Å². The van der Waals surface area contributed by atoms with E-state index in [1.165, 1.54) is 0 Å². The number of hydrogen-bond acceptors (Lipinski definition) is 4. The van der Waals surface area contributed by atoms with Crippen molar-refractivity contribution in [3.05, 3.63) is 23.0 Å². The summed E-state index contributed by atoms with van der Waals surface area (Å²) in [7, 11) is 0. The van der Waals surface area contributed by atoms with Gasteiger partial charge in [0.2, 0.25) is 0 Å². The number of aliphatic hydroxyl groups excluding tert-OH is 1. The van der Waals surface area contributed by atoms with Crippen molar-refractivity contribution in [1.29, 1.82) is 0 Å². The fourth-order valence-electron chi connectivity index (χ4n) is 2.92. The van der Waals surface area contributed by atoms with Gasteiger partial charge in [0.15, 0.2) is 0 Å². The molecule has 2 atom stereocenters. The van der Waals surface area contributed by atoms with Gasteiger partial charge in [0.1, 0.15) is 4.99 Å². The maximum absolute atomic E-state index is 9.61. The summed E-state index contributed by atoms with van der Waals surface area (Å²) >= 11 is 5.17. The molecule has 3 N–H and O–H groups in total. The van der Waals surface area contributed by atoms with Crippen LogP contribution in [0.3, 0.4) is 0 Å². The average Bonchev–Trinajstić information content (AvgIpc) is 2.68. The summed E-state index contributed by atoms with van der Waals surface area (Å²) in [6, 6.07) is 2.15. The van der Waals surface area contributed by atoms with Gasteiger partial charge in [-0.25, -0.2) is 0 Å². The van der Waals surface area contributed by atoms with E-state index in [9.17, 15) is 5.11 Å². The summed E-state index contributed by atoms with van der Waals surface area (Å²) in [5.41, 5.74) is 9.52. The molecule has 104 valence electrons. The van der Waals surface area contributed by atoms with Gasteiger partial charge in [-0.2, -0.15) is 0 Å². The summed E-state index contributed by atoms with van der Waals surface area (Å²) in [5.74, 6) is 0.470. The quantitative estimate of drug-likeness (QED) is 0.822. The molecule has 1 aromatic rings. The van der Waals surface area contributed by atoms with E-state index >= 15 is 0 Å². The van der Waals surface area contributed by atoms with E-state index in [2.05, 4.69) is 16.8 Å². The normalized spacial score (nSPS) is 22.8. The Kier molecular flexibility index (Phi) is 4.06. The number of nitrogens with two attached hydrogens (primary N) is 1. The predicted molar refractivity (Wildman–Crippen MR) is 81.6 cm³/mol. The van der Waals surface area contributed by atoms with E-state index in [0.717, 1.165) is 35.6 Å². The second-order valence-electron chi connectivity index (χ2n) is 5.32. The lowest BCUT2D eigenvalue weighted by atomic mass is 10.0. The minimum absolute atomic E-state index is 0.134. The molecule has 1 saturated heterocycles. The molecular weight excluding hydrogens is 258 g/mol. The monoisotopic (exact) mass is 279 g/mol. The molecule has 2 heterocycles. The van der Waals surface area contributed by atoms with Crippen LogP contribution in [-0.2, 0) is 0 Å². The van der Waals surface area contributed by atoms with E-state index < -0.39 is 0 Å². The first kappa shape index (κ1) is 14.2. The predicted octanol–water partition coefficient (Wildman–Crippen LogP) is 1.54. The molecule has 2 rings (SSSR count). The van der Waals surface area contributed by atoms with E-state index in [1.807, 2.05) is 19.9 Å². The molecule has 0 aromatic carbocycles. The first-order valence-electron chi connectivity index (χ1n) is 6.61. The lowest BCUT2D eigenvalue weighted by Crippen LogP contribution is -2.36. The van der Waals surface area contributed by atoms with Gasteiger partial charge in [-0.15, -0.1) is 0 Å². The number of aryl methyl sites for hydroxylation is 2. The topological polar surface area (TPSA) is 62.4 Å². The third-order valence-electron chi connectivity index (χ3n) is 3.93. The van der Waals surface area contributed by atoms with Crippen molar-refractivity contribution in [2.45, 2.75) is 33.2 Å². The number of aliphatic hydroxyl groups is 1. The van der Waals surface area contributed by atoms with Crippen molar-refractivity contribution in [2.75, 3.05) is 18.1 Å². The molecule has 1 fully saturated rings. The molecule has 0 bridgehead atoms. The first-order valence-corrected chi connectivity index (χ1v) is 7.02. The molecule has 0 radical (unpaired) electrons. The van der Waals surface area contributed by atoms with Crippen molar-refractivity contribution in [2.24, 2.45) is 11.7 Å². The molecule has 2 unspecified atom stereocenters. The first-order chi connectivity index (χ1) is 8.95. The zero-order chi connectivity index (χ0) is 14.2. The molecule has 0 aliphatic carbocycles. The second-order valence-corrected chi connectivity index (χ2v) is 5.76. The van der Waals surface area contributed by atoms with E-state index in [0.29, 0.717) is 10.9 Å². The number of rotatable bonds is 3. The summed E-state index contributed by atoms with van der Waals surface area (Å²) in [6.45, 7) is 7.14. The highest BCUT2D eigenvalue weighted by Gasteiger charge is 2.32. The Morgan fingerprint density at radius 2 is 2.26 bits per heavy atom.